The third-order valence-electron chi connectivity index (χ3n) is 3.60. The maximum atomic E-state index is 5.70. The second-order valence-electron chi connectivity index (χ2n) is 5.96. The quantitative estimate of drug-likeness (QED) is 0.704. The normalized spacial score (nSPS) is 11.5. The van der Waals surface area contributed by atoms with Crippen molar-refractivity contribution in [1.29, 1.82) is 0 Å². The summed E-state index contributed by atoms with van der Waals surface area (Å²) in [6.45, 7) is 10.5. The molecule has 0 amide bonds. The lowest BCUT2D eigenvalue weighted by molar-refractivity contribution is 0.286. The van der Waals surface area contributed by atoms with Crippen molar-refractivity contribution in [1.82, 2.24) is 0 Å². The van der Waals surface area contributed by atoms with E-state index >= 15 is 0 Å². The van der Waals surface area contributed by atoms with Crippen molar-refractivity contribution in [2.24, 2.45) is 11.1 Å². The Morgan fingerprint density at radius 1 is 1.05 bits per heavy atom. The molecule has 0 saturated carbocycles. The van der Waals surface area contributed by atoms with E-state index in [1.807, 2.05) is 19.9 Å². The molecule has 0 unspecified atom stereocenters. The molecule has 0 bridgehead atoms. The van der Waals surface area contributed by atoms with Gasteiger partial charge < -0.3 is 15.2 Å². The summed E-state index contributed by atoms with van der Waals surface area (Å²) >= 11 is 3.65. The fourth-order valence-electron chi connectivity index (χ4n) is 2.29. The molecule has 3 nitrogen and oxygen atoms in total. The molecule has 0 spiro atoms. The van der Waals surface area contributed by atoms with E-state index in [9.17, 15) is 0 Å². The van der Waals surface area contributed by atoms with Crippen LogP contribution >= 0.6 is 15.9 Å². The lowest BCUT2D eigenvalue weighted by atomic mass is 9.83. The van der Waals surface area contributed by atoms with Crippen molar-refractivity contribution in [3.63, 3.8) is 0 Å². The molecular formula is C17H28BrNO2. The summed E-state index contributed by atoms with van der Waals surface area (Å²) in [7, 11) is 0. The summed E-state index contributed by atoms with van der Waals surface area (Å²) in [6.07, 6.45) is 3.14. The summed E-state index contributed by atoms with van der Waals surface area (Å²) < 4.78 is 12.4. The molecule has 2 N–H and O–H groups in total. The SMILES string of the molecule is CCOc1cc(Br)c(CCC(C)(C)CCN)cc1OCC. The van der Waals surface area contributed by atoms with Gasteiger partial charge in [0.2, 0.25) is 0 Å². The van der Waals surface area contributed by atoms with Crippen LogP contribution in [0.3, 0.4) is 0 Å². The number of rotatable bonds is 9. The number of ether oxygens (including phenoxy) is 2. The second kappa shape index (κ2) is 8.64. The molecule has 0 radical (unpaired) electrons. The van der Waals surface area contributed by atoms with Gasteiger partial charge in [0.15, 0.2) is 11.5 Å². The van der Waals surface area contributed by atoms with Crippen molar-refractivity contribution < 1.29 is 9.47 Å². The largest absolute Gasteiger partial charge is 0.490 e. The summed E-state index contributed by atoms with van der Waals surface area (Å²) in [6, 6.07) is 4.11. The highest BCUT2D eigenvalue weighted by atomic mass is 79.9. The standard InChI is InChI=1S/C17H28BrNO2/c1-5-20-15-11-13(7-8-17(3,4)9-10-19)14(18)12-16(15)21-6-2/h11-12H,5-10,19H2,1-4H3. The zero-order chi connectivity index (χ0) is 15.9. The highest BCUT2D eigenvalue weighted by Gasteiger charge is 2.18. The third-order valence-corrected chi connectivity index (χ3v) is 4.34. The van der Waals surface area contributed by atoms with Crippen LogP contribution in [0.25, 0.3) is 0 Å². The van der Waals surface area contributed by atoms with E-state index in [-0.39, 0.29) is 5.41 Å². The molecule has 1 rings (SSSR count). The predicted molar refractivity (Wildman–Crippen MR) is 92.3 cm³/mol. The van der Waals surface area contributed by atoms with E-state index < -0.39 is 0 Å². The lowest BCUT2D eigenvalue weighted by Crippen LogP contribution is -2.18. The van der Waals surface area contributed by atoms with Gasteiger partial charge in [0.1, 0.15) is 0 Å². The minimum Gasteiger partial charge on any atom is -0.490 e. The average Bonchev–Trinajstić information content (AvgIpc) is 2.40. The Kier molecular flexibility index (Phi) is 7.53. The number of hydrogen-bond acceptors (Lipinski definition) is 3. The van der Waals surface area contributed by atoms with Gasteiger partial charge in [-0.25, -0.2) is 0 Å². The van der Waals surface area contributed by atoms with E-state index in [1.54, 1.807) is 0 Å². The maximum absolute atomic E-state index is 5.70. The van der Waals surface area contributed by atoms with E-state index in [0.717, 1.165) is 41.8 Å². The second-order valence-corrected chi connectivity index (χ2v) is 6.81. The van der Waals surface area contributed by atoms with E-state index in [1.165, 1.54) is 5.56 Å². The molecule has 1 aromatic carbocycles. The Bertz CT molecular complexity index is 447. The first-order valence-corrected chi connectivity index (χ1v) is 8.51. The van der Waals surface area contributed by atoms with Gasteiger partial charge in [-0.3, -0.25) is 0 Å². The molecule has 0 atom stereocenters. The molecule has 21 heavy (non-hydrogen) atoms. The highest BCUT2D eigenvalue weighted by molar-refractivity contribution is 9.10. The first-order valence-electron chi connectivity index (χ1n) is 7.71. The number of benzene rings is 1. The van der Waals surface area contributed by atoms with Crippen LogP contribution in [-0.2, 0) is 6.42 Å². The van der Waals surface area contributed by atoms with Gasteiger partial charge in [-0.05, 0) is 62.8 Å². The van der Waals surface area contributed by atoms with Crippen LogP contribution in [0.2, 0.25) is 0 Å². The molecule has 120 valence electrons. The molecule has 4 heteroatoms. The lowest BCUT2D eigenvalue weighted by Gasteiger charge is -2.24. The molecule has 0 aliphatic rings. The highest BCUT2D eigenvalue weighted by Crippen LogP contribution is 2.36. The van der Waals surface area contributed by atoms with E-state index in [0.29, 0.717) is 13.2 Å². The number of aryl methyl sites for hydroxylation is 1. The van der Waals surface area contributed by atoms with Crippen LogP contribution in [0, 0.1) is 5.41 Å². The molecule has 0 heterocycles. The van der Waals surface area contributed by atoms with Crippen LogP contribution in [0.5, 0.6) is 11.5 Å². The summed E-state index contributed by atoms with van der Waals surface area (Å²) in [5.41, 5.74) is 7.20. The number of nitrogens with two attached hydrogens (primary N) is 1. The minimum absolute atomic E-state index is 0.262. The van der Waals surface area contributed by atoms with Crippen molar-refractivity contribution in [3.05, 3.63) is 22.2 Å². The monoisotopic (exact) mass is 357 g/mol. The van der Waals surface area contributed by atoms with Crippen molar-refractivity contribution >= 4 is 15.9 Å². The zero-order valence-corrected chi connectivity index (χ0v) is 15.3. The molecule has 0 fully saturated rings. The summed E-state index contributed by atoms with van der Waals surface area (Å²) in [5, 5.41) is 0. The van der Waals surface area contributed by atoms with Crippen LogP contribution in [0.1, 0.15) is 46.1 Å². The van der Waals surface area contributed by atoms with E-state index in [4.69, 9.17) is 15.2 Å². The van der Waals surface area contributed by atoms with Crippen LogP contribution in [-0.4, -0.2) is 19.8 Å². The molecule has 0 aliphatic heterocycles. The summed E-state index contributed by atoms with van der Waals surface area (Å²) in [4.78, 5) is 0. The van der Waals surface area contributed by atoms with Crippen molar-refractivity contribution in [2.75, 3.05) is 19.8 Å². The van der Waals surface area contributed by atoms with Crippen LogP contribution in [0.4, 0.5) is 0 Å². The first-order chi connectivity index (χ1) is 9.93. The van der Waals surface area contributed by atoms with Gasteiger partial charge in [0, 0.05) is 4.47 Å². The minimum atomic E-state index is 0.262. The smallest absolute Gasteiger partial charge is 0.162 e. The molecule has 0 aliphatic carbocycles. The maximum Gasteiger partial charge on any atom is 0.162 e. The Hall–Kier alpha value is -0.740. The van der Waals surface area contributed by atoms with E-state index in [2.05, 4.69) is 35.8 Å². The first kappa shape index (κ1) is 18.3. The Morgan fingerprint density at radius 3 is 2.14 bits per heavy atom. The van der Waals surface area contributed by atoms with Gasteiger partial charge in [0.05, 0.1) is 13.2 Å². The topological polar surface area (TPSA) is 44.5 Å². The Morgan fingerprint density at radius 2 is 1.62 bits per heavy atom. The molecule has 0 aromatic heterocycles. The van der Waals surface area contributed by atoms with Gasteiger partial charge in [-0.1, -0.05) is 29.8 Å². The Labute approximate surface area is 137 Å². The molecular weight excluding hydrogens is 330 g/mol. The Balaban J connectivity index is 2.89. The molecule has 1 aromatic rings. The van der Waals surface area contributed by atoms with Gasteiger partial charge in [-0.2, -0.15) is 0 Å². The van der Waals surface area contributed by atoms with Gasteiger partial charge >= 0.3 is 0 Å². The van der Waals surface area contributed by atoms with Crippen molar-refractivity contribution in [3.8, 4) is 11.5 Å². The third kappa shape index (κ3) is 5.87. The fraction of sp³-hybridized carbons (Fsp3) is 0.647. The summed E-state index contributed by atoms with van der Waals surface area (Å²) in [5.74, 6) is 1.63. The predicted octanol–water partition coefficient (Wildman–Crippen LogP) is 4.55. The van der Waals surface area contributed by atoms with Crippen LogP contribution in [0.15, 0.2) is 16.6 Å². The fourth-order valence-corrected chi connectivity index (χ4v) is 2.81. The van der Waals surface area contributed by atoms with Gasteiger partial charge in [-0.15, -0.1) is 0 Å². The average molecular weight is 358 g/mol. The molecule has 0 saturated heterocycles. The number of hydrogen-bond donors (Lipinski definition) is 1. The van der Waals surface area contributed by atoms with Gasteiger partial charge in [0.25, 0.3) is 0 Å². The van der Waals surface area contributed by atoms with Crippen LogP contribution < -0.4 is 15.2 Å². The van der Waals surface area contributed by atoms with Crippen molar-refractivity contribution in [2.45, 2.75) is 47.0 Å². The zero-order valence-electron chi connectivity index (χ0n) is 13.7. The number of halogens is 1.